The number of benzene rings is 1. The number of rotatable bonds is 7. The van der Waals surface area contributed by atoms with Crippen LogP contribution in [0, 0.1) is 23.2 Å². The van der Waals surface area contributed by atoms with Crippen LogP contribution in [0.15, 0.2) is 29.2 Å². The molecule has 1 N–H and O–H groups in total. The largest absolute Gasteiger partial charge is 0.494 e. The minimum absolute atomic E-state index is 0.0486. The highest BCUT2D eigenvalue weighted by Gasteiger charge is 2.54. The van der Waals surface area contributed by atoms with Gasteiger partial charge in [-0.05, 0) is 99.3 Å². The lowest BCUT2D eigenvalue weighted by Gasteiger charge is -2.59. The molecule has 26 heavy (non-hydrogen) atoms. The summed E-state index contributed by atoms with van der Waals surface area (Å²) in [6.07, 6.45) is 8.63. The van der Waals surface area contributed by atoms with Crippen molar-refractivity contribution >= 4 is 10.0 Å². The number of hydrogen-bond acceptors (Lipinski definition) is 3. The van der Waals surface area contributed by atoms with Crippen molar-refractivity contribution in [2.45, 2.75) is 69.7 Å². The Balaban J connectivity index is 1.54. The highest BCUT2D eigenvalue weighted by atomic mass is 32.2. The van der Waals surface area contributed by atoms with Gasteiger partial charge in [0.15, 0.2) is 0 Å². The Morgan fingerprint density at radius 3 is 2.04 bits per heavy atom. The minimum Gasteiger partial charge on any atom is -0.494 e. The van der Waals surface area contributed by atoms with E-state index in [-0.39, 0.29) is 11.5 Å². The maximum absolute atomic E-state index is 13.0. The number of nitrogens with one attached hydrogen (secondary N) is 1. The Hall–Kier alpha value is -1.07. The van der Waals surface area contributed by atoms with Crippen LogP contribution < -0.4 is 9.46 Å². The third-order valence-corrected chi connectivity index (χ3v) is 8.46. The first-order valence-corrected chi connectivity index (χ1v) is 11.7. The second kappa shape index (κ2) is 6.83. The summed E-state index contributed by atoms with van der Waals surface area (Å²) in [7, 11) is -3.50. The standard InChI is InChI=1S/C21H31NO3S/c1-3-20(21-12-15-9-16(13-21)11-17(10-15)14-21)22-26(23,24)19-7-5-18(6-8-19)25-4-2/h5-8,15-17,20,22H,3-4,9-14H2,1-2H3/t15?,16?,17?,20-,21?/m1/s1. The first-order chi connectivity index (χ1) is 12.4. The van der Waals surface area contributed by atoms with Crippen LogP contribution in [0.1, 0.15) is 58.8 Å². The van der Waals surface area contributed by atoms with Gasteiger partial charge in [-0.25, -0.2) is 13.1 Å². The van der Waals surface area contributed by atoms with Crippen LogP contribution >= 0.6 is 0 Å². The van der Waals surface area contributed by atoms with Crippen LogP contribution in [-0.2, 0) is 10.0 Å². The average Bonchev–Trinajstić information content (AvgIpc) is 2.59. The van der Waals surface area contributed by atoms with E-state index in [1.54, 1.807) is 24.3 Å². The van der Waals surface area contributed by atoms with E-state index in [2.05, 4.69) is 11.6 Å². The summed E-state index contributed by atoms with van der Waals surface area (Å²) in [6, 6.07) is 6.83. The normalized spacial score (nSPS) is 34.0. The van der Waals surface area contributed by atoms with Gasteiger partial charge in [-0.2, -0.15) is 0 Å². The molecule has 0 aromatic heterocycles. The molecule has 0 unspecified atom stereocenters. The van der Waals surface area contributed by atoms with E-state index in [4.69, 9.17) is 4.74 Å². The number of ether oxygens (including phenoxy) is 1. The topological polar surface area (TPSA) is 55.4 Å². The van der Waals surface area contributed by atoms with Gasteiger partial charge in [0.05, 0.1) is 11.5 Å². The zero-order valence-electron chi connectivity index (χ0n) is 15.9. The molecule has 1 atom stereocenters. The Morgan fingerprint density at radius 1 is 1.04 bits per heavy atom. The first kappa shape index (κ1) is 18.3. The molecule has 0 saturated heterocycles. The van der Waals surface area contributed by atoms with Gasteiger partial charge in [0.1, 0.15) is 5.75 Å². The summed E-state index contributed by atoms with van der Waals surface area (Å²) in [5, 5.41) is 0. The summed E-state index contributed by atoms with van der Waals surface area (Å²) < 4.78 is 34.5. The van der Waals surface area contributed by atoms with Crippen molar-refractivity contribution in [2.75, 3.05) is 6.61 Å². The van der Waals surface area contributed by atoms with E-state index in [9.17, 15) is 8.42 Å². The lowest BCUT2D eigenvalue weighted by atomic mass is 9.47. The predicted molar refractivity (Wildman–Crippen MR) is 103 cm³/mol. The maximum Gasteiger partial charge on any atom is 0.240 e. The fourth-order valence-electron chi connectivity index (χ4n) is 6.38. The van der Waals surface area contributed by atoms with Gasteiger partial charge in [0.25, 0.3) is 0 Å². The zero-order chi connectivity index (χ0) is 18.4. The van der Waals surface area contributed by atoms with E-state index in [0.717, 1.165) is 24.2 Å². The van der Waals surface area contributed by atoms with Gasteiger partial charge in [0.2, 0.25) is 10.0 Å². The average molecular weight is 378 g/mol. The van der Waals surface area contributed by atoms with Crippen LogP contribution in [0.3, 0.4) is 0 Å². The highest BCUT2D eigenvalue weighted by Crippen LogP contribution is 2.61. The first-order valence-electron chi connectivity index (χ1n) is 10.2. The van der Waals surface area contributed by atoms with Gasteiger partial charge >= 0.3 is 0 Å². The molecule has 4 aliphatic carbocycles. The Morgan fingerprint density at radius 2 is 1.58 bits per heavy atom. The molecule has 5 heteroatoms. The molecule has 1 aromatic carbocycles. The van der Waals surface area contributed by atoms with Gasteiger partial charge in [-0.15, -0.1) is 0 Å². The smallest absolute Gasteiger partial charge is 0.240 e. The summed E-state index contributed by atoms with van der Waals surface area (Å²) in [6.45, 7) is 4.63. The Bertz CT molecular complexity index is 706. The van der Waals surface area contributed by atoms with Crippen molar-refractivity contribution in [3.05, 3.63) is 24.3 Å². The van der Waals surface area contributed by atoms with Gasteiger partial charge in [-0.1, -0.05) is 6.92 Å². The SMILES string of the molecule is CCOc1ccc(S(=O)(=O)N[C@H](CC)C23CC4CC(CC(C4)C2)C3)cc1. The molecule has 0 aliphatic heterocycles. The molecule has 4 bridgehead atoms. The van der Waals surface area contributed by atoms with E-state index in [1.807, 2.05) is 6.92 Å². The molecule has 0 spiro atoms. The molecule has 144 valence electrons. The third-order valence-electron chi connectivity index (χ3n) is 6.98. The van der Waals surface area contributed by atoms with Crippen molar-refractivity contribution in [2.24, 2.45) is 23.2 Å². The van der Waals surface area contributed by atoms with Crippen molar-refractivity contribution in [3.63, 3.8) is 0 Å². The quantitative estimate of drug-likeness (QED) is 0.768. The van der Waals surface area contributed by atoms with Gasteiger partial charge in [0, 0.05) is 6.04 Å². The lowest BCUT2D eigenvalue weighted by Crippen LogP contribution is -2.56. The molecule has 0 heterocycles. The highest BCUT2D eigenvalue weighted by molar-refractivity contribution is 7.89. The van der Waals surface area contributed by atoms with E-state index in [0.29, 0.717) is 17.3 Å². The summed E-state index contributed by atoms with van der Waals surface area (Å²) in [5.74, 6) is 3.18. The fourth-order valence-corrected chi connectivity index (χ4v) is 7.80. The predicted octanol–water partition coefficient (Wildman–Crippen LogP) is 4.36. The zero-order valence-corrected chi connectivity index (χ0v) is 16.7. The molecule has 4 fully saturated rings. The monoisotopic (exact) mass is 377 g/mol. The van der Waals surface area contributed by atoms with Gasteiger partial charge in [-0.3, -0.25) is 0 Å². The third kappa shape index (κ3) is 3.29. The minimum atomic E-state index is -3.50. The molecule has 4 nitrogen and oxygen atoms in total. The molecule has 1 aromatic rings. The second-order valence-corrected chi connectivity index (χ2v) is 10.5. The van der Waals surface area contributed by atoms with Crippen molar-refractivity contribution in [1.29, 1.82) is 0 Å². The molecule has 0 amide bonds. The Labute approximate surface area is 157 Å². The summed E-state index contributed by atoms with van der Waals surface area (Å²) >= 11 is 0. The molecule has 0 radical (unpaired) electrons. The molecular formula is C21H31NO3S. The van der Waals surface area contributed by atoms with Crippen LogP contribution in [0.25, 0.3) is 0 Å². The Kier molecular flexibility index (Phi) is 4.81. The summed E-state index contributed by atoms with van der Waals surface area (Å²) in [5.41, 5.74) is 0.182. The van der Waals surface area contributed by atoms with Crippen molar-refractivity contribution < 1.29 is 13.2 Å². The van der Waals surface area contributed by atoms with E-state index < -0.39 is 10.0 Å². The van der Waals surface area contributed by atoms with Crippen molar-refractivity contribution in [1.82, 2.24) is 4.72 Å². The van der Waals surface area contributed by atoms with Gasteiger partial charge < -0.3 is 4.74 Å². The van der Waals surface area contributed by atoms with E-state index >= 15 is 0 Å². The maximum atomic E-state index is 13.0. The molecular weight excluding hydrogens is 346 g/mol. The van der Waals surface area contributed by atoms with Crippen LogP contribution in [0.4, 0.5) is 0 Å². The molecule has 4 aliphatic rings. The lowest BCUT2D eigenvalue weighted by molar-refractivity contribution is -0.0704. The number of hydrogen-bond donors (Lipinski definition) is 1. The fraction of sp³-hybridized carbons (Fsp3) is 0.714. The molecule has 5 rings (SSSR count). The summed E-state index contributed by atoms with van der Waals surface area (Å²) in [4.78, 5) is 0.337. The second-order valence-electron chi connectivity index (χ2n) is 8.77. The van der Waals surface area contributed by atoms with Crippen LogP contribution in [-0.4, -0.2) is 21.1 Å². The van der Waals surface area contributed by atoms with Crippen LogP contribution in [0.2, 0.25) is 0 Å². The number of sulfonamides is 1. The van der Waals surface area contributed by atoms with Crippen molar-refractivity contribution in [3.8, 4) is 5.75 Å². The van der Waals surface area contributed by atoms with E-state index in [1.165, 1.54) is 38.5 Å². The molecule has 4 saturated carbocycles. The van der Waals surface area contributed by atoms with Crippen LogP contribution in [0.5, 0.6) is 5.75 Å².